The molecule has 0 radical (unpaired) electrons. The van der Waals surface area contributed by atoms with E-state index in [0.717, 1.165) is 5.56 Å². The van der Waals surface area contributed by atoms with Crippen LogP contribution < -0.4 is 5.56 Å². The second-order valence-electron chi connectivity index (χ2n) is 8.31. The first-order chi connectivity index (χ1) is 15.0. The van der Waals surface area contributed by atoms with Crippen molar-refractivity contribution < 1.29 is 18.0 Å². The van der Waals surface area contributed by atoms with Crippen LogP contribution in [-0.2, 0) is 17.5 Å². The molecule has 0 N–H and O–H groups in total. The van der Waals surface area contributed by atoms with Crippen molar-refractivity contribution in [1.29, 1.82) is 0 Å². The third kappa shape index (κ3) is 5.23. The second-order valence-corrected chi connectivity index (χ2v) is 9.10. The molecule has 0 aliphatic carbocycles. The zero-order valence-electron chi connectivity index (χ0n) is 18.2. The predicted molar refractivity (Wildman–Crippen MR) is 118 cm³/mol. The summed E-state index contributed by atoms with van der Waals surface area (Å²) in [7, 11) is 3.82. The average Bonchev–Trinajstić information content (AvgIpc) is 3.06. The molecule has 3 rings (SSSR count). The Labute approximate surface area is 193 Å². The van der Waals surface area contributed by atoms with Crippen LogP contribution >= 0.6 is 15.9 Å². The first-order valence-electron chi connectivity index (χ1n) is 10.4. The maximum Gasteiger partial charge on any atom is 0.434 e. The number of alkyl halides is 3. The number of likely N-dealkylation sites (tertiary alicyclic amines) is 1. The molecule has 32 heavy (non-hydrogen) atoms. The molecule has 1 saturated heterocycles. The molecule has 1 aliphatic heterocycles. The largest absolute Gasteiger partial charge is 0.434 e. The molecular formula is C22H26BrF3N4O2. The highest BCUT2D eigenvalue weighted by Gasteiger charge is 2.41. The van der Waals surface area contributed by atoms with E-state index in [9.17, 15) is 22.8 Å². The maximum absolute atomic E-state index is 13.7. The minimum Gasteiger partial charge on any atom is -0.332 e. The number of carbonyl (C=O) groups excluding carboxylic acids is 1. The van der Waals surface area contributed by atoms with Crippen molar-refractivity contribution in [3.63, 3.8) is 0 Å². The lowest BCUT2D eigenvalue weighted by atomic mass is 10.1. The summed E-state index contributed by atoms with van der Waals surface area (Å²) >= 11 is 2.82. The summed E-state index contributed by atoms with van der Waals surface area (Å²) < 4.78 is 41.6. The van der Waals surface area contributed by atoms with Crippen molar-refractivity contribution in [2.24, 2.45) is 5.92 Å². The number of amides is 1. The van der Waals surface area contributed by atoms with Gasteiger partial charge in [-0.25, -0.2) is 4.98 Å². The fourth-order valence-corrected chi connectivity index (χ4v) is 4.73. The van der Waals surface area contributed by atoms with Crippen LogP contribution in [0.3, 0.4) is 0 Å². The number of benzene rings is 1. The maximum atomic E-state index is 13.7. The SMILES string of the molecule is CCC(c1nc(C(F)(F)F)c(Br)c(=O)n1Cc1ccccc1)N1CC(CN(C)C)CC1=O. The first-order valence-corrected chi connectivity index (χ1v) is 11.2. The highest BCUT2D eigenvalue weighted by molar-refractivity contribution is 9.10. The molecule has 0 spiro atoms. The molecule has 2 unspecified atom stereocenters. The molecule has 0 bridgehead atoms. The van der Waals surface area contributed by atoms with Gasteiger partial charge in [0.15, 0.2) is 5.69 Å². The van der Waals surface area contributed by atoms with Crippen molar-refractivity contribution in [3.05, 3.63) is 62.2 Å². The minimum atomic E-state index is -4.81. The lowest BCUT2D eigenvalue weighted by molar-refractivity contribution is -0.142. The van der Waals surface area contributed by atoms with Crippen LogP contribution in [0, 0.1) is 5.92 Å². The topological polar surface area (TPSA) is 58.4 Å². The summed E-state index contributed by atoms with van der Waals surface area (Å²) in [5.74, 6) is -0.116. The smallest absolute Gasteiger partial charge is 0.332 e. The second kappa shape index (κ2) is 9.74. The number of nitrogens with zero attached hydrogens (tertiary/aromatic N) is 4. The van der Waals surface area contributed by atoms with Crippen LogP contribution in [0.2, 0.25) is 0 Å². The van der Waals surface area contributed by atoms with Crippen molar-refractivity contribution in [2.75, 3.05) is 27.2 Å². The molecule has 1 aromatic carbocycles. The van der Waals surface area contributed by atoms with E-state index in [-0.39, 0.29) is 24.2 Å². The van der Waals surface area contributed by atoms with Gasteiger partial charge in [-0.1, -0.05) is 37.3 Å². The Morgan fingerprint density at radius 2 is 1.88 bits per heavy atom. The van der Waals surface area contributed by atoms with Crippen molar-refractivity contribution in [3.8, 4) is 0 Å². The molecule has 1 aromatic heterocycles. The van der Waals surface area contributed by atoms with Gasteiger partial charge in [-0.15, -0.1) is 0 Å². The van der Waals surface area contributed by atoms with Gasteiger partial charge in [0.25, 0.3) is 5.56 Å². The summed E-state index contributed by atoms with van der Waals surface area (Å²) in [5, 5.41) is 0. The number of rotatable bonds is 7. The molecule has 6 nitrogen and oxygen atoms in total. The van der Waals surface area contributed by atoms with Crippen molar-refractivity contribution >= 4 is 21.8 Å². The van der Waals surface area contributed by atoms with Crippen LogP contribution in [0.25, 0.3) is 0 Å². The molecule has 2 heterocycles. The van der Waals surface area contributed by atoms with Gasteiger partial charge in [0, 0.05) is 19.5 Å². The fourth-order valence-electron chi connectivity index (χ4n) is 4.20. The van der Waals surface area contributed by atoms with Gasteiger partial charge in [-0.2, -0.15) is 13.2 Å². The molecule has 1 amide bonds. The van der Waals surface area contributed by atoms with Gasteiger partial charge in [0.05, 0.1) is 12.6 Å². The minimum absolute atomic E-state index is 0.0456. The van der Waals surface area contributed by atoms with E-state index in [4.69, 9.17) is 0 Å². The monoisotopic (exact) mass is 514 g/mol. The van der Waals surface area contributed by atoms with Crippen molar-refractivity contribution in [1.82, 2.24) is 19.4 Å². The molecule has 174 valence electrons. The van der Waals surface area contributed by atoms with E-state index in [2.05, 4.69) is 20.9 Å². The number of aromatic nitrogens is 2. The molecule has 10 heteroatoms. The van der Waals surface area contributed by atoms with Gasteiger partial charge in [0.1, 0.15) is 10.3 Å². The Morgan fingerprint density at radius 3 is 2.44 bits per heavy atom. The fraction of sp³-hybridized carbons (Fsp3) is 0.500. The normalized spacial score (nSPS) is 17.9. The Kier molecular flexibility index (Phi) is 7.44. The van der Waals surface area contributed by atoms with Crippen LogP contribution in [0.4, 0.5) is 13.2 Å². The summed E-state index contributed by atoms with van der Waals surface area (Å²) in [6.07, 6.45) is -4.15. The average molecular weight is 515 g/mol. The third-order valence-corrected chi connectivity index (χ3v) is 6.23. The van der Waals surface area contributed by atoms with E-state index in [1.165, 1.54) is 4.57 Å². The highest BCUT2D eigenvalue weighted by Crippen LogP contribution is 2.35. The molecule has 2 atom stereocenters. The van der Waals surface area contributed by atoms with Gasteiger partial charge >= 0.3 is 6.18 Å². The lowest BCUT2D eigenvalue weighted by Crippen LogP contribution is -2.38. The number of carbonyl (C=O) groups is 1. The van der Waals surface area contributed by atoms with Gasteiger partial charge in [0.2, 0.25) is 5.91 Å². The number of hydrogen-bond donors (Lipinski definition) is 0. The summed E-state index contributed by atoms with van der Waals surface area (Å²) in [6.45, 7) is 2.94. The molecule has 1 aliphatic rings. The Bertz CT molecular complexity index is 1020. The summed E-state index contributed by atoms with van der Waals surface area (Å²) in [6, 6.07) is 8.24. The molecule has 2 aromatic rings. The van der Waals surface area contributed by atoms with Gasteiger partial charge in [-0.05, 0) is 47.9 Å². The Hall–Kier alpha value is -2.20. The van der Waals surface area contributed by atoms with Crippen molar-refractivity contribution in [2.45, 2.75) is 38.5 Å². The van der Waals surface area contributed by atoms with Gasteiger partial charge < -0.3 is 9.80 Å². The quantitative estimate of drug-likeness (QED) is 0.561. The Morgan fingerprint density at radius 1 is 1.22 bits per heavy atom. The summed E-state index contributed by atoms with van der Waals surface area (Å²) in [4.78, 5) is 33.3. The van der Waals surface area contributed by atoms with Crippen LogP contribution in [0.15, 0.2) is 39.6 Å². The first kappa shape index (κ1) is 24.4. The standard InChI is InChI=1S/C22H26BrF3N4O2/c1-4-16(29-13-15(10-17(29)31)11-28(2)3)20-27-19(22(24,25)26)18(23)21(32)30(20)12-14-8-6-5-7-9-14/h5-9,15-16H,4,10-13H2,1-3H3. The van der Waals surface area contributed by atoms with E-state index in [1.54, 1.807) is 36.1 Å². The Balaban J connectivity index is 2.12. The number of halogens is 4. The highest BCUT2D eigenvalue weighted by atomic mass is 79.9. The summed E-state index contributed by atoms with van der Waals surface area (Å²) in [5.41, 5.74) is -1.34. The van der Waals surface area contributed by atoms with E-state index >= 15 is 0 Å². The zero-order chi connectivity index (χ0) is 23.6. The molecule has 1 fully saturated rings. The van der Waals surface area contributed by atoms with Crippen LogP contribution in [-0.4, -0.2) is 52.4 Å². The van der Waals surface area contributed by atoms with Crippen LogP contribution in [0.1, 0.15) is 42.9 Å². The number of hydrogen-bond acceptors (Lipinski definition) is 4. The third-order valence-electron chi connectivity index (χ3n) is 5.52. The molecular weight excluding hydrogens is 489 g/mol. The molecule has 0 saturated carbocycles. The zero-order valence-corrected chi connectivity index (χ0v) is 19.8. The predicted octanol–water partition coefficient (Wildman–Crippen LogP) is 3.93. The van der Waals surface area contributed by atoms with E-state index in [1.807, 2.05) is 25.1 Å². The van der Waals surface area contributed by atoms with Gasteiger partial charge in [-0.3, -0.25) is 14.2 Å². The van der Waals surface area contributed by atoms with E-state index < -0.39 is 27.9 Å². The van der Waals surface area contributed by atoms with E-state index in [0.29, 0.717) is 25.9 Å². The lowest BCUT2D eigenvalue weighted by Gasteiger charge is -2.30. The van der Waals surface area contributed by atoms with Crippen LogP contribution in [0.5, 0.6) is 0 Å².